The Morgan fingerprint density at radius 3 is 2.77 bits per heavy atom. The molecule has 0 bridgehead atoms. The van der Waals surface area contributed by atoms with Crippen molar-refractivity contribution in [3.8, 4) is 0 Å². The Bertz CT molecular complexity index is 679. The number of esters is 1. The lowest BCUT2D eigenvalue weighted by atomic mass is 9.99. The maximum atomic E-state index is 13.7. The maximum Gasteiger partial charge on any atom is 0.335 e. The van der Waals surface area contributed by atoms with Crippen molar-refractivity contribution in [3.63, 3.8) is 0 Å². The number of benzene rings is 1. The van der Waals surface area contributed by atoms with Gasteiger partial charge < -0.3 is 4.74 Å². The summed E-state index contributed by atoms with van der Waals surface area (Å²) in [6.07, 6.45) is 3.33. The Labute approximate surface area is 129 Å². The molecule has 0 aromatic heterocycles. The summed E-state index contributed by atoms with van der Waals surface area (Å²) in [6.45, 7) is 1.86. The lowest BCUT2D eigenvalue weighted by Gasteiger charge is -2.23. The van der Waals surface area contributed by atoms with Crippen molar-refractivity contribution in [1.82, 2.24) is 0 Å². The fourth-order valence-corrected chi connectivity index (χ4v) is 4.56. The van der Waals surface area contributed by atoms with Crippen LogP contribution in [0, 0.1) is 5.82 Å². The number of sulfone groups is 1. The molecule has 0 spiro atoms. The molecule has 120 valence electrons. The monoisotopic (exact) mass is 326 g/mol. The van der Waals surface area contributed by atoms with Crippen LogP contribution in [0.15, 0.2) is 35.9 Å². The predicted molar refractivity (Wildman–Crippen MR) is 81.4 cm³/mol. The molecule has 0 N–H and O–H groups in total. The maximum absolute atomic E-state index is 13.7. The quantitative estimate of drug-likeness (QED) is 0.781. The number of halogens is 1. The number of ether oxygens (including phenoxy) is 1. The number of allylic oxidation sites excluding steroid dienone is 1. The molecule has 22 heavy (non-hydrogen) atoms. The van der Waals surface area contributed by atoms with E-state index in [9.17, 15) is 17.6 Å². The van der Waals surface area contributed by atoms with Crippen LogP contribution in [0.1, 0.15) is 31.7 Å². The van der Waals surface area contributed by atoms with Crippen LogP contribution < -0.4 is 0 Å². The molecular weight excluding hydrogens is 307 g/mol. The first-order valence-electron chi connectivity index (χ1n) is 7.28. The molecule has 1 aromatic rings. The van der Waals surface area contributed by atoms with Crippen molar-refractivity contribution >= 4 is 15.8 Å². The fourth-order valence-electron chi connectivity index (χ4n) is 2.58. The standard InChI is InChI=1S/C16H19FO4S/c1-2-21-16(18)13-8-4-6-10-15(13)22(19,20)11-12-7-3-5-9-14(12)17/h3,5,7-9,15H,2,4,6,10-11H2,1H3. The van der Waals surface area contributed by atoms with Gasteiger partial charge in [-0.3, -0.25) is 0 Å². The van der Waals surface area contributed by atoms with Crippen molar-refractivity contribution in [2.45, 2.75) is 37.2 Å². The molecule has 1 aromatic carbocycles. The van der Waals surface area contributed by atoms with E-state index in [1.54, 1.807) is 19.1 Å². The lowest BCUT2D eigenvalue weighted by Crippen LogP contribution is -2.31. The van der Waals surface area contributed by atoms with Gasteiger partial charge in [0.1, 0.15) is 5.82 Å². The van der Waals surface area contributed by atoms with Gasteiger partial charge in [-0.25, -0.2) is 17.6 Å². The SMILES string of the molecule is CCOC(=O)C1=CCCCC1S(=O)(=O)Cc1ccccc1F. The van der Waals surface area contributed by atoms with Gasteiger partial charge in [-0.15, -0.1) is 0 Å². The first-order valence-corrected chi connectivity index (χ1v) is 8.99. The predicted octanol–water partition coefficient (Wildman–Crippen LogP) is 2.78. The first kappa shape index (κ1) is 16.7. The minimum absolute atomic E-state index is 0.122. The Hall–Kier alpha value is -1.69. The third-order valence-electron chi connectivity index (χ3n) is 3.64. The normalized spacial score (nSPS) is 18.6. The largest absolute Gasteiger partial charge is 0.463 e. The highest BCUT2D eigenvalue weighted by Crippen LogP contribution is 2.28. The highest BCUT2D eigenvalue weighted by atomic mass is 32.2. The van der Waals surface area contributed by atoms with Gasteiger partial charge in [-0.05, 0) is 32.3 Å². The zero-order valence-corrected chi connectivity index (χ0v) is 13.2. The average molecular weight is 326 g/mol. The molecule has 1 atom stereocenters. The number of hydrogen-bond donors (Lipinski definition) is 0. The van der Waals surface area contributed by atoms with Gasteiger partial charge in [-0.1, -0.05) is 24.3 Å². The summed E-state index contributed by atoms with van der Waals surface area (Å²) in [7, 11) is -3.68. The summed E-state index contributed by atoms with van der Waals surface area (Å²) in [6, 6.07) is 5.78. The third kappa shape index (κ3) is 3.74. The van der Waals surface area contributed by atoms with E-state index in [1.165, 1.54) is 18.2 Å². The van der Waals surface area contributed by atoms with E-state index < -0.39 is 32.6 Å². The summed E-state index contributed by atoms with van der Waals surface area (Å²) in [5.74, 6) is -1.56. The highest BCUT2D eigenvalue weighted by Gasteiger charge is 2.35. The van der Waals surface area contributed by atoms with E-state index in [1.807, 2.05) is 0 Å². The highest BCUT2D eigenvalue weighted by molar-refractivity contribution is 7.91. The molecule has 0 heterocycles. The van der Waals surface area contributed by atoms with Crippen molar-refractivity contribution in [3.05, 3.63) is 47.3 Å². The van der Waals surface area contributed by atoms with E-state index in [2.05, 4.69) is 0 Å². The van der Waals surface area contributed by atoms with Crippen molar-refractivity contribution in [2.24, 2.45) is 0 Å². The van der Waals surface area contributed by atoms with Crippen LogP contribution in [0.4, 0.5) is 4.39 Å². The number of carbonyl (C=O) groups is 1. The summed E-state index contributed by atoms with van der Waals surface area (Å²) in [4.78, 5) is 11.9. The zero-order chi connectivity index (χ0) is 16.2. The van der Waals surface area contributed by atoms with Crippen LogP contribution in [-0.2, 0) is 25.1 Å². The Balaban J connectivity index is 2.27. The van der Waals surface area contributed by atoms with E-state index in [0.29, 0.717) is 19.3 Å². The molecule has 0 saturated heterocycles. The zero-order valence-electron chi connectivity index (χ0n) is 12.4. The Morgan fingerprint density at radius 2 is 2.09 bits per heavy atom. The van der Waals surface area contributed by atoms with E-state index in [0.717, 1.165) is 0 Å². The molecule has 0 saturated carbocycles. The minimum Gasteiger partial charge on any atom is -0.463 e. The first-order chi connectivity index (χ1) is 10.5. The average Bonchev–Trinajstić information content (AvgIpc) is 2.50. The van der Waals surface area contributed by atoms with Crippen LogP contribution in [-0.4, -0.2) is 26.2 Å². The molecule has 6 heteroatoms. The topological polar surface area (TPSA) is 60.4 Å². The van der Waals surface area contributed by atoms with Crippen molar-refractivity contribution in [2.75, 3.05) is 6.61 Å². The van der Waals surface area contributed by atoms with Gasteiger partial charge in [0.25, 0.3) is 0 Å². The molecule has 0 aliphatic heterocycles. The number of carbonyl (C=O) groups excluding carboxylic acids is 1. The minimum atomic E-state index is -3.68. The van der Waals surface area contributed by atoms with Gasteiger partial charge in [0.2, 0.25) is 0 Å². The Morgan fingerprint density at radius 1 is 1.36 bits per heavy atom. The summed E-state index contributed by atoms with van der Waals surface area (Å²) < 4.78 is 43.9. The van der Waals surface area contributed by atoms with E-state index in [-0.39, 0.29) is 17.7 Å². The van der Waals surface area contributed by atoms with Gasteiger partial charge in [0.15, 0.2) is 9.84 Å². The fraction of sp³-hybridized carbons (Fsp3) is 0.438. The lowest BCUT2D eigenvalue weighted by molar-refractivity contribution is -0.138. The van der Waals surface area contributed by atoms with Crippen molar-refractivity contribution in [1.29, 1.82) is 0 Å². The van der Waals surface area contributed by atoms with Crippen LogP contribution in [0.2, 0.25) is 0 Å². The van der Waals surface area contributed by atoms with Gasteiger partial charge in [-0.2, -0.15) is 0 Å². The molecule has 1 aliphatic rings. The molecule has 4 nitrogen and oxygen atoms in total. The van der Waals surface area contributed by atoms with Crippen molar-refractivity contribution < 1.29 is 22.3 Å². The third-order valence-corrected chi connectivity index (χ3v) is 5.71. The van der Waals surface area contributed by atoms with Crippen LogP contribution in [0.25, 0.3) is 0 Å². The van der Waals surface area contributed by atoms with Crippen LogP contribution >= 0.6 is 0 Å². The van der Waals surface area contributed by atoms with Crippen LogP contribution in [0.5, 0.6) is 0 Å². The summed E-state index contributed by atoms with van der Waals surface area (Å²) >= 11 is 0. The summed E-state index contributed by atoms with van der Waals surface area (Å²) in [5.41, 5.74) is 0.306. The van der Waals surface area contributed by atoms with Crippen LogP contribution in [0.3, 0.4) is 0 Å². The second-order valence-electron chi connectivity index (χ2n) is 5.20. The molecule has 0 fully saturated rings. The van der Waals surface area contributed by atoms with Gasteiger partial charge in [0.05, 0.1) is 23.2 Å². The van der Waals surface area contributed by atoms with E-state index in [4.69, 9.17) is 4.74 Å². The Kier molecular flexibility index (Phi) is 5.34. The van der Waals surface area contributed by atoms with Gasteiger partial charge >= 0.3 is 5.97 Å². The molecule has 1 unspecified atom stereocenters. The second kappa shape index (κ2) is 7.05. The molecule has 0 amide bonds. The smallest absolute Gasteiger partial charge is 0.335 e. The van der Waals surface area contributed by atoms with E-state index >= 15 is 0 Å². The number of rotatable bonds is 5. The second-order valence-corrected chi connectivity index (χ2v) is 7.38. The molecule has 1 aliphatic carbocycles. The molecule has 2 rings (SSSR count). The summed E-state index contributed by atoms with van der Waals surface area (Å²) in [5, 5.41) is -0.917. The molecule has 0 radical (unpaired) electrons. The number of hydrogen-bond acceptors (Lipinski definition) is 4. The molecular formula is C16H19FO4S. The van der Waals surface area contributed by atoms with Gasteiger partial charge in [0, 0.05) is 5.56 Å².